The Morgan fingerprint density at radius 1 is 1.31 bits per heavy atom. The van der Waals surface area contributed by atoms with Gasteiger partial charge in [0.2, 0.25) is 0 Å². The van der Waals surface area contributed by atoms with Crippen molar-refractivity contribution < 1.29 is 10.0 Å². The number of aliphatic hydroxyl groups is 1. The third-order valence-electron chi connectivity index (χ3n) is 4.52. The molecule has 0 fully saturated rings. The molecule has 0 amide bonds. The van der Waals surface area contributed by atoms with E-state index in [0.717, 1.165) is 22.2 Å². The van der Waals surface area contributed by atoms with E-state index in [2.05, 4.69) is 6.58 Å². The summed E-state index contributed by atoms with van der Waals surface area (Å²) in [7, 11) is 1.84. The van der Waals surface area contributed by atoms with Gasteiger partial charge in [-0.15, -0.1) is 0 Å². The van der Waals surface area contributed by atoms with Gasteiger partial charge in [0, 0.05) is 47.3 Å². The van der Waals surface area contributed by atoms with Gasteiger partial charge in [0.15, 0.2) is 0 Å². The molecule has 0 aliphatic carbocycles. The van der Waals surface area contributed by atoms with Crippen LogP contribution in [-0.2, 0) is 13.5 Å². The van der Waals surface area contributed by atoms with Crippen LogP contribution in [0.5, 0.6) is 0 Å². The van der Waals surface area contributed by atoms with Gasteiger partial charge in [-0.05, 0) is 36.2 Å². The maximum atomic E-state index is 11.1. The van der Waals surface area contributed by atoms with E-state index in [4.69, 9.17) is 23.2 Å². The van der Waals surface area contributed by atoms with E-state index in [1.54, 1.807) is 24.3 Å². The predicted molar refractivity (Wildman–Crippen MR) is 105 cm³/mol. The zero-order chi connectivity index (χ0) is 19.2. The lowest BCUT2D eigenvalue weighted by Crippen LogP contribution is -2.00. The lowest BCUT2D eigenvalue weighted by Gasteiger charge is -2.12. The predicted octanol–water partition coefficient (Wildman–Crippen LogP) is 5.82. The Labute approximate surface area is 160 Å². The van der Waals surface area contributed by atoms with Gasteiger partial charge >= 0.3 is 0 Å². The summed E-state index contributed by atoms with van der Waals surface area (Å²) in [5, 5.41) is 22.6. The number of aliphatic hydroxyl groups excluding tert-OH is 1. The van der Waals surface area contributed by atoms with Crippen LogP contribution >= 0.6 is 23.2 Å². The summed E-state index contributed by atoms with van der Waals surface area (Å²) in [6.45, 7) is 5.36. The van der Waals surface area contributed by atoms with Gasteiger partial charge in [-0.1, -0.05) is 29.8 Å². The van der Waals surface area contributed by atoms with Crippen LogP contribution in [0.2, 0.25) is 10.0 Å². The zero-order valence-electron chi connectivity index (χ0n) is 14.2. The van der Waals surface area contributed by atoms with Crippen molar-refractivity contribution in [3.63, 3.8) is 0 Å². The van der Waals surface area contributed by atoms with Gasteiger partial charge in [0.05, 0.1) is 15.5 Å². The van der Waals surface area contributed by atoms with E-state index >= 15 is 0 Å². The first-order valence-electron chi connectivity index (χ1n) is 7.79. The molecule has 0 aliphatic heterocycles. The molecule has 7 heteroatoms. The summed E-state index contributed by atoms with van der Waals surface area (Å²) in [6, 6.07) is 8.37. The Morgan fingerprint density at radius 3 is 2.62 bits per heavy atom. The van der Waals surface area contributed by atoms with Crippen LogP contribution in [0.15, 0.2) is 36.9 Å². The normalized spacial score (nSPS) is 11.1. The van der Waals surface area contributed by atoms with Crippen LogP contribution < -0.4 is 0 Å². The van der Waals surface area contributed by atoms with Crippen LogP contribution in [0.1, 0.15) is 22.4 Å². The minimum absolute atomic E-state index is 0.0531. The van der Waals surface area contributed by atoms with Gasteiger partial charge < -0.3 is 9.67 Å². The minimum Gasteiger partial charge on any atom is -0.508 e. The Bertz CT molecular complexity index is 1070. The molecule has 0 radical (unpaired) electrons. The van der Waals surface area contributed by atoms with E-state index < -0.39 is 4.92 Å². The van der Waals surface area contributed by atoms with Crippen LogP contribution in [0.25, 0.3) is 16.7 Å². The fourth-order valence-electron chi connectivity index (χ4n) is 3.08. The second kappa shape index (κ2) is 6.67. The molecule has 3 aromatic rings. The highest BCUT2D eigenvalue weighted by molar-refractivity contribution is 6.37. The summed E-state index contributed by atoms with van der Waals surface area (Å²) >= 11 is 12.7. The van der Waals surface area contributed by atoms with E-state index in [0.29, 0.717) is 27.6 Å². The highest BCUT2D eigenvalue weighted by Gasteiger charge is 2.18. The van der Waals surface area contributed by atoms with Crippen LogP contribution in [0.3, 0.4) is 0 Å². The number of rotatable bonds is 4. The highest BCUT2D eigenvalue weighted by Crippen LogP contribution is 2.34. The number of aryl methyl sites for hydroxylation is 2. The number of hydrogen-bond donors (Lipinski definition) is 1. The lowest BCUT2D eigenvalue weighted by atomic mass is 10.0. The highest BCUT2D eigenvalue weighted by atomic mass is 35.5. The summed E-state index contributed by atoms with van der Waals surface area (Å²) in [5.74, 6) is -0.128. The number of nitro benzene ring substituents is 1. The number of aromatic nitrogens is 1. The topological polar surface area (TPSA) is 68.3 Å². The molecule has 5 nitrogen and oxygen atoms in total. The Kier molecular flexibility index (Phi) is 4.69. The number of nitro groups is 1. The van der Waals surface area contributed by atoms with Crippen molar-refractivity contribution in [2.75, 3.05) is 0 Å². The summed E-state index contributed by atoms with van der Waals surface area (Å²) in [4.78, 5) is 10.7. The van der Waals surface area contributed by atoms with E-state index in [-0.39, 0.29) is 11.4 Å². The average molecular weight is 391 g/mol. The molecular formula is C19H16Cl2N2O3. The number of non-ortho nitro benzene ring substituents is 1. The summed E-state index contributed by atoms with van der Waals surface area (Å²) < 4.78 is 1.89. The maximum Gasteiger partial charge on any atom is 0.271 e. The van der Waals surface area contributed by atoms with Gasteiger partial charge in [-0.3, -0.25) is 10.1 Å². The molecule has 0 saturated carbocycles. The molecule has 2 aromatic carbocycles. The summed E-state index contributed by atoms with van der Waals surface area (Å²) in [6.07, 6.45) is 0.414. The fourth-order valence-corrected chi connectivity index (χ4v) is 3.70. The van der Waals surface area contributed by atoms with E-state index in [1.165, 1.54) is 0 Å². The third kappa shape index (κ3) is 3.04. The molecule has 0 saturated heterocycles. The maximum absolute atomic E-state index is 11.1. The minimum atomic E-state index is -0.400. The van der Waals surface area contributed by atoms with Crippen molar-refractivity contribution in [3.05, 3.63) is 79.5 Å². The van der Waals surface area contributed by atoms with Gasteiger partial charge in [0.1, 0.15) is 5.76 Å². The zero-order valence-corrected chi connectivity index (χ0v) is 15.7. The van der Waals surface area contributed by atoms with Crippen LogP contribution in [0.4, 0.5) is 5.69 Å². The summed E-state index contributed by atoms with van der Waals surface area (Å²) in [5.41, 5.74) is 3.63. The Balaban J connectivity index is 2.15. The van der Waals surface area contributed by atoms with Gasteiger partial charge in [0.25, 0.3) is 5.69 Å². The van der Waals surface area contributed by atoms with Crippen LogP contribution in [0, 0.1) is 17.0 Å². The first-order chi connectivity index (χ1) is 12.2. The van der Waals surface area contributed by atoms with Crippen molar-refractivity contribution in [1.29, 1.82) is 0 Å². The smallest absolute Gasteiger partial charge is 0.271 e. The third-order valence-corrected chi connectivity index (χ3v) is 5.30. The number of benzene rings is 2. The van der Waals surface area contributed by atoms with Crippen molar-refractivity contribution in [1.82, 2.24) is 4.57 Å². The second-order valence-corrected chi connectivity index (χ2v) is 6.94. The molecular weight excluding hydrogens is 375 g/mol. The molecule has 3 rings (SSSR count). The van der Waals surface area contributed by atoms with Crippen molar-refractivity contribution >= 4 is 45.6 Å². The number of nitrogens with zero attached hydrogens (tertiary/aromatic N) is 2. The van der Waals surface area contributed by atoms with Crippen molar-refractivity contribution in [2.24, 2.45) is 7.05 Å². The fraction of sp³-hybridized carbons (Fsp3) is 0.158. The number of fused-ring (bicyclic) bond motifs is 1. The first kappa shape index (κ1) is 18.3. The average Bonchev–Trinajstić information content (AvgIpc) is 2.88. The molecule has 0 bridgehead atoms. The molecule has 0 aliphatic rings. The molecule has 26 heavy (non-hydrogen) atoms. The Hall–Kier alpha value is -2.50. The number of hydrogen-bond acceptors (Lipinski definition) is 3. The number of halogens is 2. The molecule has 0 atom stereocenters. The molecule has 1 heterocycles. The van der Waals surface area contributed by atoms with Gasteiger partial charge in [-0.2, -0.15) is 0 Å². The van der Waals surface area contributed by atoms with Crippen molar-refractivity contribution in [3.8, 4) is 0 Å². The first-order valence-corrected chi connectivity index (χ1v) is 8.54. The second-order valence-electron chi connectivity index (χ2n) is 6.16. The quantitative estimate of drug-likeness (QED) is 0.346. The van der Waals surface area contributed by atoms with Gasteiger partial charge in [-0.25, -0.2) is 0 Å². The molecule has 0 unspecified atom stereocenters. The monoisotopic (exact) mass is 390 g/mol. The Morgan fingerprint density at radius 2 is 2.00 bits per heavy atom. The van der Waals surface area contributed by atoms with E-state index in [9.17, 15) is 15.2 Å². The standard InChI is InChI=1S/C19H16Cl2N2O3/c1-10-6-13(23(25)26)9-18-15(10)7-12(22(18)3)8-16-17(20)5-4-14(11(2)24)19(16)21/h4-7,9,24H,2,8H2,1,3H3. The van der Waals surface area contributed by atoms with Crippen LogP contribution in [-0.4, -0.2) is 14.6 Å². The largest absolute Gasteiger partial charge is 0.508 e. The molecule has 1 aromatic heterocycles. The molecule has 1 N–H and O–H groups in total. The van der Waals surface area contributed by atoms with E-state index in [1.807, 2.05) is 24.6 Å². The molecule has 0 spiro atoms. The molecule has 134 valence electrons. The lowest BCUT2D eigenvalue weighted by molar-refractivity contribution is -0.384. The SMILES string of the molecule is C=C(O)c1ccc(Cl)c(Cc2cc3c(C)cc([N+](=O)[O-])cc3n2C)c1Cl. The van der Waals surface area contributed by atoms with Crippen molar-refractivity contribution in [2.45, 2.75) is 13.3 Å².